The molecule has 0 saturated carbocycles. The molecule has 2 heterocycles. The first kappa shape index (κ1) is 9.96. The van der Waals surface area contributed by atoms with E-state index in [2.05, 4.69) is 5.10 Å². The first-order chi connectivity index (χ1) is 6.63. The molecule has 1 aliphatic heterocycles. The summed E-state index contributed by atoms with van der Waals surface area (Å²) < 4.78 is 6.84. The van der Waals surface area contributed by atoms with E-state index < -0.39 is 5.60 Å². The second-order valence-electron chi connectivity index (χ2n) is 3.61. The Labute approximate surface area is 87.4 Å². The molecule has 1 aromatic rings. The molecule has 4 nitrogen and oxygen atoms in total. The van der Waals surface area contributed by atoms with Crippen LogP contribution in [-0.2, 0) is 17.4 Å². The molecule has 0 amide bonds. The van der Waals surface area contributed by atoms with E-state index in [9.17, 15) is 5.11 Å². The highest BCUT2D eigenvalue weighted by Crippen LogP contribution is 2.35. The van der Waals surface area contributed by atoms with Crippen LogP contribution in [-0.4, -0.2) is 28.1 Å². The summed E-state index contributed by atoms with van der Waals surface area (Å²) in [5.41, 5.74) is -0.178. The zero-order valence-electron chi connectivity index (χ0n) is 8.03. The van der Waals surface area contributed by atoms with Gasteiger partial charge in [-0.1, -0.05) is 11.6 Å². The maximum atomic E-state index is 10.4. The van der Waals surface area contributed by atoms with E-state index in [0.717, 1.165) is 0 Å². The maximum Gasteiger partial charge on any atom is 0.112 e. The molecule has 0 aromatic carbocycles. The van der Waals surface area contributed by atoms with E-state index in [4.69, 9.17) is 16.3 Å². The van der Waals surface area contributed by atoms with Gasteiger partial charge in [-0.05, 0) is 0 Å². The van der Waals surface area contributed by atoms with Gasteiger partial charge in [-0.2, -0.15) is 5.10 Å². The molecule has 0 unspecified atom stereocenters. The van der Waals surface area contributed by atoms with Crippen LogP contribution in [0.2, 0.25) is 5.02 Å². The summed E-state index contributed by atoms with van der Waals surface area (Å²) in [6.07, 6.45) is 2.71. The van der Waals surface area contributed by atoms with Gasteiger partial charge in [-0.15, -0.1) is 0 Å². The van der Waals surface area contributed by atoms with Gasteiger partial charge in [0.05, 0.1) is 16.9 Å². The second-order valence-corrected chi connectivity index (χ2v) is 4.02. The van der Waals surface area contributed by atoms with Gasteiger partial charge in [0.15, 0.2) is 0 Å². The van der Waals surface area contributed by atoms with Crippen molar-refractivity contribution >= 4 is 11.6 Å². The van der Waals surface area contributed by atoms with Crippen molar-refractivity contribution in [1.82, 2.24) is 9.78 Å². The van der Waals surface area contributed by atoms with E-state index in [1.807, 2.05) is 0 Å². The highest BCUT2D eigenvalue weighted by atomic mass is 35.5. The molecule has 14 heavy (non-hydrogen) atoms. The molecular formula is C9H13ClN2O2. The zero-order chi connectivity index (χ0) is 10.2. The molecule has 0 atom stereocenters. The average Bonchev–Trinajstić information content (AvgIpc) is 2.48. The highest BCUT2D eigenvalue weighted by Gasteiger charge is 2.36. The van der Waals surface area contributed by atoms with Gasteiger partial charge in [-0.3, -0.25) is 4.68 Å². The van der Waals surface area contributed by atoms with Crippen molar-refractivity contribution in [2.75, 3.05) is 13.2 Å². The van der Waals surface area contributed by atoms with E-state index in [0.29, 0.717) is 36.8 Å². The summed E-state index contributed by atoms with van der Waals surface area (Å²) in [6.45, 7) is 1.13. The van der Waals surface area contributed by atoms with Crippen molar-refractivity contribution < 1.29 is 9.84 Å². The Morgan fingerprint density at radius 3 is 2.71 bits per heavy atom. The molecule has 1 aliphatic rings. The van der Waals surface area contributed by atoms with Gasteiger partial charge >= 0.3 is 0 Å². The third-order valence-electron chi connectivity index (χ3n) is 2.65. The SMILES string of the molecule is Cn1ncc(Cl)c1C1(O)CCOCC1. The summed E-state index contributed by atoms with van der Waals surface area (Å²) in [5, 5.41) is 14.9. The Bertz CT molecular complexity index is 312. The fourth-order valence-corrected chi connectivity index (χ4v) is 2.22. The average molecular weight is 217 g/mol. The number of aryl methyl sites for hydroxylation is 1. The van der Waals surface area contributed by atoms with E-state index in [1.54, 1.807) is 17.9 Å². The number of ether oxygens (including phenoxy) is 1. The molecule has 78 valence electrons. The largest absolute Gasteiger partial charge is 0.383 e. The lowest BCUT2D eigenvalue weighted by molar-refractivity contribution is -0.0724. The predicted octanol–water partition coefficient (Wildman–Crippen LogP) is 1.07. The van der Waals surface area contributed by atoms with Crippen molar-refractivity contribution in [1.29, 1.82) is 0 Å². The molecule has 2 rings (SSSR count). The van der Waals surface area contributed by atoms with Crippen LogP contribution in [0.3, 0.4) is 0 Å². The number of nitrogens with zero attached hydrogens (tertiary/aromatic N) is 2. The molecule has 0 aliphatic carbocycles. The number of rotatable bonds is 1. The van der Waals surface area contributed by atoms with Gasteiger partial charge in [0, 0.05) is 33.1 Å². The van der Waals surface area contributed by atoms with Crippen LogP contribution in [0, 0.1) is 0 Å². The normalized spacial score (nSPS) is 21.1. The third kappa shape index (κ3) is 1.54. The van der Waals surface area contributed by atoms with E-state index >= 15 is 0 Å². The Morgan fingerprint density at radius 1 is 1.57 bits per heavy atom. The van der Waals surface area contributed by atoms with Crippen LogP contribution in [0.5, 0.6) is 0 Å². The fraction of sp³-hybridized carbons (Fsp3) is 0.667. The highest BCUT2D eigenvalue weighted by molar-refractivity contribution is 6.31. The van der Waals surface area contributed by atoms with Crippen molar-refractivity contribution in [3.8, 4) is 0 Å². The molecular weight excluding hydrogens is 204 g/mol. The number of aliphatic hydroxyl groups is 1. The lowest BCUT2D eigenvalue weighted by Gasteiger charge is -2.32. The van der Waals surface area contributed by atoms with Crippen LogP contribution < -0.4 is 0 Å². The van der Waals surface area contributed by atoms with Gasteiger partial charge in [-0.25, -0.2) is 0 Å². The van der Waals surface area contributed by atoms with E-state index in [-0.39, 0.29) is 0 Å². The third-order valence-corrected chi connectivity index (χ3v) is 2.93. The minimum atomic E-state index is -0.874. The molecule has 0 radical (unpaired) electrons. The summed E-state index contributed by atoms with van der Waals surface area (Å²) in [4.78, 5) is 0. The minimum Gasteiger partial charge on any atom is -0.383 e. The summed E-state index contributed by atoms with van der Waals surface area (Å²) in [5.74, 6) is 0. The number of hydrogen-bond donors (Lipinski definition) is 1. The van der Waals surface area contributed by atoms with Crippen molar-refractivity contribution in [2.24, 2.45) is 7.05 Å². The first-order valence-electron chi connectivity index (χ1n) is 4.61. The molecule has 0 spiro atoms. The molecule has 1 N–H and O–H groups in total. The predicted molar refractivity (Wildman–Crippen MR) is 52.2 cm³/mol. The molecule has 1 saturated heterocycles. The van der Waals surface area contributed by atoms with Gasteiger partial charge in [0.25, 0.3) is 0 Å². The van der Waals surface area contributed by atoms with Crippen LogP contribution in [0.15, 0.2) is 6.20 Å². The molecule has 1 aromatic heterocycles. The van der Waals surface area contributed by atoms with Crippen LogP contribution in [0.4, 0.5) is 0 Å². The van der Waals surface area contributed by atoms with Crippen LogP contribution >= 0.6 is 11.6 Å². The Morgan fingerprint density at radius 2 is 2.21 bits per heavy atom. The van der Waals surface area contributed by atoms with Gasteiger partial charge in [0.1, 0.15) is 5.60 Å². The molecule has 1 fully saturated rings. The molecule has 0 bridgehead atoms. The summed E-state index contributed by atoms with van der Waals surface area (Å²) in [6, 6.07) is 0. The topological polar surface area (TPSA) is 47.3 Å². The van der Waals surface area contributed by atoms with E-state index in [1.165, 1.54) is 0 Å². The van der Waals surface area contributed by atoms with Gasteiger partial charge in [0.2, 0.25) is 0 Å². The second kappa shape index (κ2) is 3.53. The van der Waals surface area contributed by atoms with Crippen LogP contribution in [0.1, 0.15) is 18.5 Å². The summed E-state index contributed by atoms with van der Waals surface area (Å²) in [7, 11) is 1.79. The Hall–Kier alpha value is -0.580. The fourth-order valence-electron chi connectivity index (χ4n) is 1.88. The number of aromatic nitrogens is 2. The minimum absolute atomic E-state index is 0.525. The standard InChI is InChI=1S/C9H13ClN2O2/c1-12-8(7(10)6-11-12)9(13)2-4-14-5-3-9/h6,13H,2-5H2,1H3. The van der Waals surface area contributed by atoms with Crippen molar-refractivity contribution in [3.63, 3.8) is 0 Å². The quantitative estimate of drug-likeness (QED) is 0.764. The zero-order valence-corrected chi connectivity index (χ0v) is 8.79. The Kier molecular flexibility index (Phi) is 2.51. The van der Waals surface area contributed by atoms with Gasteiger partial charge < -0.3 is 9.84 Å². The first-order valence-corrected chi connectivity index (χ1v) is 4.99. The van der Waals surface area contributed by atoms with Crippen LogP contribution in [0.25, 0.3) is 0 Å². The summed E-state index contributed by atoms with van der Waals surface area (Å²) >= 11 is 5.98. The lowest BCUT2D eigenvalue weighted by atomic mass is 9.91. The monoisotopic (exact) mass is 216 g/mol. The lowest BCUT2D eigenvalue weighted by Crippen LogP contribution is -2.35. The molecule has 5 heteroatoms. The smallest absolute Gasteiger partial charge is 0.112 e. The van der Waals surface area contributed by atoms with Crippen molar-refractivity contribution in [2.45, 2.75) is 18.4 Å². The Balaban J connectivity index is 2.36. The van der Waals surface area contributed by atoms with Crippen molar-refractivity contribution in [3.05, 3.63) is 16.9 Å². The number of halogens is 1. The maximum absolute atomic E-state index is 10.4. The number of hydrogen-bond acceptors (Lipinski definition) is 3.